The van der Waals surface area contributed by atoms with E-state index >= 15 is 0 Å². The summed E-state index contributed by atoms with van der Waals surface area (Å²) in [5, 5.41) is 9.04. The predicted molar refractivity (Wildman–Crippen MR) is 121 cm³/mol. The lowest BCUT2D eigenvalue weighted by molar-refractivity contribution is -0.192. The number of benzene rings is 2. The number of H-pyrrole nitrogens is 1. The summed E-state index contributed by atoms with van der Waals surface area (Å²) in [6.07, 6.45) is 0.674. The van der Waals surface area contributed by atoms with Crippen LogP contribution in [0.25, 0.3) is 10.9 Å². The van der Waals surface area contributed by atoms with E-state index in [0.717, 1.165) is 16.6 Å². The first-order valence-electron chi connectivity index (χ1n) is 11.0. The van der Waals surface area contributed by atoms with E-state index in [1.165, 1.54) is 0 Å². The van der Waals surface area contributed by atoms with E-state index < -0.39 is 17.8 Å². The van der Waals surface area contributed by atoms with Gasteiger partial charge in [-0.1, -0.05) is 17.7 Å². The number of anilines is 1. The summed E-state index contributed by atoms with van der Waals surface area (Å²) in [5.74, 6) is -2.45. The third kappa shape index (κ3) is 3.50. The molecule has 0 amide bonds. The van der Waals surface area contributed by atoms with Crippen molar-refractivity contribution in [2.45, 2.75) is 12.3 Å². The number of carbonyl (C=O) groups is 2. The third-order valence-corrected chi connectivity index (χ3v) is 6.49. The molecule has 2 saturated heterocycles. The summed E-state index contributed by atoms with van der Waals surface area (Å²) in [6.45, 7) is 2.77. The molecule has 1 N–H and O–H groups in total. The first kappa shape index (κ1) is 21.1. The number of nitrogens with one attached hydrogen (secondary N) is 1. The van der Waals surface area contributed by atoms with Gasteiger partial charge in [0.2, 0.25) is 0 Å². The minimum absolute atomic E-state index is 0.187. The zero-order chi connectivity index (χ0) is 23.3. The van der Waals surface area contributed by atoms with Crippen molar-refractivity contribution in [3.8, 4) is 11.5 Å². The molecule has 10 nitrogen and oxygen atoms in total. The Hall–Kier alpha value is -3.50. The van der Waals surface area contributed by atoms with E-state index in [2.05, 4.69) is 15.1 Å². The Morgan fingerprint density at radius 3 is 2.74 bits per heavy atom. The second-order valence-corrected chi connectivity index (χ2v) is 8.77. The third-order valence-electron chi connectivity index (χ3n) is 6.26. The van der Waals surface area contributed by atoms with Crippen molar-refractivity contribution in [3.05, 3.63) is 47.1 Å². The highest BCUT2D eigenvalue weighted by atomic mass is 35.5. The highest BCUT2D eigenvalue weighted by molar-refractivity contribution is 6.31. The lowest BCUT2D eigenvalue weighted by atomic mass is 10.1. The van der Waals surface area contributed by atoms with Gasteiger partial charge >= 0.3 is 17.8 Å². The molecule has 0 saturated carbocycles. The number of hydrogen-bond acceptors (Lipinski definition) is 9. The number of aromatic amines is 1. The fourth-order valence-corrected chi connectivity index (χ4v) is 4.86. The van der Waals surface area contributed by atoms with Gasteiger partial charge in [-0.25, -0.2) is 9.59 Å². The number of halogens is 1. The topological polar surface area (TPSA) is 106 Å². The number of piperazine rings is 1. The minimum atomic E-state index is -1.58. The second-order valence-electron chi connectivity index (χ2n) is 8.33. The Labute approximate surface area is 199 Å². The SMILES string of the molecule is O=C1OC2(CN(CCc3[nH]nc4cc(Cl)ccc34)CCN2c2cccc3c2OCCO3)OC1=O. The molecule has 11 heteroatoms. The van der Waals surface area contributed by atoms with Crippen molar-refractivity contribution in [3.63, 3.8) is 0 Å². The molecule has 1 aromatic heterocycles. The molecule has 3 aromatic rings. The Morgan fingerprint density at radius 1 is 1.06 bits per heavy atom. The summed E-state index contributed by atoms with van der Waals surface area (Å²) in [5.41, 5.74) is 2.43. The number of aromatic nitrogens is 2. The van der Waals surface area contributed by atoms with E-state index in [1.54, 1.807) is 4.90 Å². The Kier molecular flexibility index (Phi) is 5.00. The number of para-hydroxylation sites is 1. The van der Waals surface area contributed by atoms with Crippen molar-refractivity contribution in [2.75, 3.05) is 44.3 Å². The van der Waals surface area contributed by atoms with Crippen LogP contribution in [0.2, 0.25) is 5.02 Å². The maximum absolute atomic E-state index is 12.1. The second kappa shape index (κ2) is 8.07. The predicted octanol–water partition coefficient (Wildman–Crippen LogP) is 2.11. The van der Waals surface area contributed by atoms with Crippen LogP contribution in [0.5, 0.6) is 11.5 Å². The molecular weight excluding hydrogens is 464 g/mol. The van der Waals surface area contributed by atoms with Gasteiger partial charge in [-0.2, -0.15) is 5.10 Å². The van der Waals surface area contributed by atoms with Gasteiger partial charge in [0.1, 0.15) is 13.2 Å². The monoisotopic (exact) mass is 484 g/mol. The zero-order valence-electron chi connectivity index (χ0n) is 18.1. The Balaban J connectivity index is 1.26. The molecule has 34 heavy (non-hydrogen) atoms. The fourth-order valence-electron chi connectivity index (χ4n) is 4.69. The molecule has 3 aliphatic rings. The van der Waals surface area contributed by atoms with E-state index in [0.29, 0.717) is 61.5 Å². The van der Waals surface area contributed by atoms with Gasteiger partial charge in [0.05, 0.1) is 17.7 Å². The maximum Gasteiger partial charge on any atom is 0.422 e. The Morgan fingerprint density at radius 2 is 1.88 bits per heavy atom. The van der Waals surface area contributed by atoms with Crippen LogP contribution in [0.1, 0.15) is 5.69 Å². The smallest absolute Gasteiger partial charge is 0.422 e. The van der Waals surface area contributed by atoms with Gasteiger partial charge in [-0.15, -0.1) is 0 Å². The number of carbonyl (C=O) groups excluding carboxylic acids is 2. The summed E-state index contributed by atoms with van der Waals surface area (Å²) in [4.78, 5) is 28.1. The van der Waals surface area contributed by atoms with Crippen molar-refractivity contribution < 1.29 is 28.5 Å². The van der Waals surface area contributed by atoms with Crippen molar-refractivity contribution in [1.29, 1.82) is 0 Å². The summed E-state index contributed by atoms with van der Waals surface area (Å²) in [7, 11) is 0. The van der Waals surface area contributed by atoms with Crippen molar-refractivity contribution in [1.82, 2.24) is 15.1 Å². The summed E-state index contributed by atoms with van der Waals surface area (Å²) < 4.78 is 22.7. The van der Waals surface area contributed by atoms with Crippen LogP contribution in [0.3, 0.4) is 0 Å². The number of fused-ring (bicyclic) bond motifs is 2. The normalized spacial score (nSPS) is 19.5. The average Bonchev–Trinajstić information content (AvgIpc) is 3.36. The Bertz CT molecular complexity index is 1280. The van der Waals surface area contributed by atoms with Gasteiger partial charge in [0.25, 0.3) is 0 Å². The highest BCUT2D eigenvalue weighted by Gasteiger charge is 2.56. The average molecular weight is 485 g/mol. The zero-order valence-corrected chi connectivity index (χ0v) is 18.8. The van der Waals surface area contributed by atoms with Crippen LogP contribution >= 0.6 is 11.6 Å². The van der Waals surface area contributed by atoms with Crippen molar-refractivity contribution in [2.24, 2.45) is 0 Å². The van der Waals surface area contributed by atoms with E-state index in [4.69, 9.17) is 30.5 Å². The van der Waals surface area contributed by atoms with Crippen LogP contribution in [0.4, 0.5) is 5.69 Å². The number of rotatable bonds is 4. The molecule has 2 fully saturated rings. The summed E-state index contributed by atoms with van der Waals surface area (Å²) in [6, 6.07) is 11.1. The molecule has 1 spiro atoms. The molecule has 0 bridgehead atoms. The molecule has 0 aliphatic carbocycles. The van der Waals surface area contributed by atoms with Crippen LogP contribution in [0.15, 0.2) is 36.4 Å². The van der Waals surface area contributed by atoms with Gasteiger partial charge in [-0.3, -0.25) is 14.9 Å². The molecule has 176 valence electrons. The number of nitrogens with zero attached hydrogens (tertiary/aromatic N) is 3. The van der Waals surface area contributed by atoms with E-state index in [1.807, 2.05) is 36.4 Å². The van der Waals surface area contributed by atoms with E-state index in [9.17, 15) is 9.59 Å². The molecule has 6 rings (SSSR count). The number of esters is 2. The molecule has 4 heterocycles. The van der Waals surface area contributed by atoms with E-state index in [-0.39, 0.29) is 6.54 Å². The lowest BCUT2D eigenvalue weighted by Gasteiger charge is -2.46. The van der Waals surface area contributed by atoms with Gasteiger partial charge in [0, 0.05) is 42.2 Å². The molecule has 0 atom stereocenters. The first-order valence-corrected chi connectivity index (χ1v) is 11.4. The van der Waals surface area contributed by atoms with Crippen molar-refractivity contribution >= 4 is 40.1 Å². The molecule has 2 aromatic carbocycles. The first-order chi connectivity index (χ1) is 16.5. The maximum atomic E-state index is 12.1. The fraction of sp³-hybridized carbons (Fsp3) is 0.348. The van der Waals surface area contributed by atoms with Crippen LogP contribution in [-0.2, 0) is 25.5 Å². The van der Waals surface area contributed by atoms with Crippen LogP contribution in [0, 0.1) is 0 Å². The minimum Gasteiger partial charge on any atom is -0.486 e. The number of ether oxygens (including phenoxy) is 4. The quantitative estimate of drug-likeness (QED) is 0.440. The molecular formula is C23H21ClN4O6. The van der Waals surface area contributed by atoms with Crippen LogP contribution in [-0.4, -0.2) is 72.3 Å². The van der Waals surface area contributed by atoms with Gasteiger partial charge in [-0.05, 0) is 30.3 Å². The van der Waals surface area contributed by atoms with Crippen LogP contribution < -0.4 is 14.4 Å². The molecule has 0 radical (unpaired) electrons. The highest BCUT2D eigenvalue weighted by Crippen LogP contribution is 2.44. The van der Waals surface area contributed by atoms with Gasteiger partial charge in [0.15, 0.2) is 11.5 Å². The standard InChI is InChI=1S/C23H21ClN4O6/c24-14-4-5-15-16(25-26-17(15)12-14)6-7-27-8-9-28(23(13-27)33-21(29)22(30)34-23)18-2-1-3-19-20(18)32-11-10-31-19/h1-5,12H,6-11,13H2,(H,25,26). The number of hydrogen-bond donors (Lipinski definition) is 1. The largest absolute Gasteiger partial charge is 0.486 e. The summed E-state index contributed by atoms with van der Waals surface area (Å²) >= 11 is 6.06. The molecule has 3 aliphatic heterocycles. The van der Waals surface area contributed by atoms with Gasteiger partial charge < -0.3 is 18.9 Å². The molecule has 0 unspecified atom stereocenters. The lowest BCUT2D eigenvalue weighted by Crippen LogP contribution is -2.64.